The van der Waals surface area contributed by atoms with Gasteiger partial charge in [0.1, 0.15) is 0 Å². The van der Waals surface area contributed by atoms with Gasteiger partial charge in [-0.25, -0.2) is 0 Å². The summed E-state index contributed by atoms with van der Waals surface area (Å²) in [5.41, 5.74) is 2.99. The highest BCUT2D eigenvalue weighted by molar-refractivity contribution is 6.06. The normalized spacial score (nSPS) is 11.1. The van der Waals surface area contributed by atoms with Crippen LogP contribution in [0.25, 0.3) is 21.8 Å². The molecule has 0 bridgehead atoms. The van der Waals surface area contributed by atoms with Gasteiger partial charge in [0.05, 0.1) is 18.3 Å². The van der Waals surface area contributed by atoms with Crippen molar-refractivity contribution in [3.8, 4) is 0 Å². The summed E-state index contributed by atoms with van der Waals surface area (Å²) in [4.78, 5) is 19.3. The Bertz CT molecular complexity index is 779. The van der Waals surface area contributed by atoms with E-state index in [1.807, 2.05) is 30.5 Å². The number of H-pyrrole nitrogens is 1. The highest BCUT2D eigenvalue weighted by Gasteiger charge is 2.07. The SMILES string of the molecule is O=C(CCc1cc2c(cn1)[nH]c1ccccc12)NCCO. The number of aliphatic hydroxyl groups excluding tert-OH is 1. The number of hydrogen-bond acceptors (Lipinski definition) is 3. The zero-order valence-corrected chi connectivity index (χ0v) is 11.6. The number of nitrogens with zero attached hydrogens (tertiary/aromatic N) is 1. The van der Waals surface area contributed by atoms with Crippen molar-refractivity contribution < 1.29 is 9.90 Å². The van der Waals surface area contributed by atoms with Crippen LogP contribution in [0.4, 0.5) is 0 Å². The fourth-order valence-electron chi connectivity index (χ4n) is 2.46. The number of carbonyl (C=O) groups excluding carboxylic acids is 1. The van der Waals surface area contributed by atoms with Gasteiger partial charge in [0.2, 0.25) is 5.91 Å². The summed E-state index contributed by atoms with van der Waals surface area (Å²) in [6.07, 6.45) is 2.78. The highest BCUT2D eigenvalue weighted by atomic mass is 16.3. The molecular weight excluding hydrogens is 266 g/mol. The van der Waals surface area contributed by atoms with Gasteiger partial charge >= 0.3 is 0 Å². The van der Waals surface area contributed by atoms with Crippen LogP contribution in [0, 0.1) is 0 Å². The Labute approximate surface area is 122 Å². The van der Waals surface area contributed by atoms with Crippen molar-refractivity contribution in [3.05, 3.63) is 42.2 Å². The van der Waals surface area contributed by atoms with Crippen LogP contribution < -0.4 is 5.32 Å². The number of carbonyl (C=O) groups is 1. The summed E-state index contributed by atoms with van der Waals surface area (Å²) in [7, 11) is 0. The molecule has 5 heteroatoms. The van der Waals surface area contributed by atoms with Crippen LogP contribution in [0.3, 0.4) is 0 Å². The topological polar surface area (TPSA) is 78.0 Å². The fourth-order valence-corrected chi connectivity index (χ4v) is 2.46. The fraction of sp³-hybridized carbons (Fsp3) is 0.250. The molecule has 0 atom stereocenters. The van der Waals surface area contributed by atoms with Crippen molar-refractivity contribution in [2.75, 3.05) is 13.2 Å². The lowest BCUT2D eigenvalue weighted by Gasteiger charge is -2.03. The Morgan fingerprint density at radius 1 is 1.24 bits per heavy atom. The first kappa shape index (κ1) is 13.6. The Balaban J connectivity index is 1.80. The van der Waals surface area contributed by atoms with E-state index in [-0.39, 0.29) is 12.5 Å². The molecule has 0 radical (unpaired) electrons. The number of para-hydroxylation sites is 1. The minimum absolute atomic E-state index is 0.0364. The van der Waals surface area contributed by atoms with E-state index in [1.165, 1.54) is 5.39 Å². The maximum absolute atomic E-state index is 11.5. The number of hydrogen-bond donors (Lipinski definition) is 3. The molecule has 0 spiro atoms. The van der Waals surface area contributed by atoms with Gasteiger partial charge < -0.3 is 15.4 Å². The summed E-state index contributed by atoms with van der Waals surface area (Å²) >= 11 is 0. The molecule has 3 rings (SSSR count). The first-order chi connectivity index (χ1) is 10.3. The van der Waals surface area contributed by atoms with Gasteiger partial charge in [-0.3, -0.25) is 9.78 Å². The molecule has 108 valence electrons. The third-order valence-corrected chi connectivity index (χ3v) is 3.49. The van der Waals surface area contributed by atoms with E-state index in [0.717, 1.165) is 22.1 Å². The molecule has 0 unspecified atom stereocenters. The molecule has 21 heavy (non-hydrogen) atoms. The van der Waals surface area contributed by atoms with Crippen LogP contribution in [0.2, 0.25) is 0 Å². The van der Waals surface area contributed by atoms with Crippen molar-refractivity contribution in [2.24, 2.45) is 0 Å². The number of rotatable bonds is 5. The smallest absolute Gasteiger partial charge is 0.220 e. The van der Waals surface area contributed by atoms with E-state index < -0.39 is 0 Å². The van der Waals surface area contributed by atoms with Crippen LogP contribution >= 0.6 is 0 Å². The average Bonchev–Trinajstić information content (AvgIpc) is 2.89. The Kier molecular flexibility index (Phi) is 3.83. The standard InChI is InChI=1S/C16H17N3O2/c20-8-7-17-16(21)6-5-11-9-13-12-3-1-2-4-14(12)19-15(13)10-18-11/h1-4,9-10,19-20H,5-8H2,(H,17,21). The molecule has 0 fully saturated rings. The van der Waals surface area contributed by atoms with E-state index in [9.17, 15) is 4.79 Å². The molecule has 2 aromatic heterocycles. The second-order valence-electron chi connectivity index (χ2n) is 4.97. The zero-order chi connectivity index (χ0) is 14.7. The van der Waals surface area contributed by atoms with E-state index in [1.54, 1.807) is 0 Å². The number of aryl methyl sites for hydroxylation is 1. The van der Waals surface area contributed by atoms with E-state index in [2.05, 4.69) is 21.4 Å². The van der Waals surface area contributed by atoms with Gasteiger partial charge in [-0.2, -0.15) is 0 Å². The van der Waals surface area contributed by atoms with Crippen molar-refractivity contribution in [1.29, 1.82) is 0 Å². The molecule has 0 aliphatic heterocycles. The van der Waals surface area contributed by atoms with Gasteiger partial charge in [-0.1, -0.05) is 18.2 Å². The number of fused-ring (bicyclic) bond motifs is 3. The summed E-state index contributed by atoms with van der Waals surface area (Å²) < 4.78 is 0. The maximum atomic E-state index is 11.5. The molecule has 0 aliphatic carbocycles. The lowest BCUT2D eigenvalue weighted by atomic mass is 10.1. The molecule has 3 aromatic rings. The van der Waals surface area contributed by atoms with E-state index in [4.69, 9.17) is 5.11 Å². The second-order valence-corrected chi connectivity index (χ2v) is 4.97. The quantitative estimate of drug-likeness (QED) is 0.667. The lowest BCUT2D eigenvalue weighted by molar-refractivity contribution is -0.121. The average molecular weight is 283 g/mol. The second kappa shape index (κ2) is 5.93. The molecule has 0 saturated heterocycles. The summed E-state index contributed by atoms with van der Waals surface area (Å²) in [6.45, 7) is 0.263. The van der Waals surface area contributed by atoms with Gasteiger partial charge in [0, 0.05) is 34.9 Å². The van der Waals surface area contributed by atoms with E-state index >= 15 is 0 Å². The van der Waals surface area contributed by atoms with Gasteiger partial charge in [-0.15, -0.1) is 0 Å². The zero-order valence-electron chi connectivity index (χ0n) is 11.6. The first-order valence-corrected chi connectivity index (χ1v) is 7.01. The number of amides is 1. The number of nitrogens with one attached hydrogen (secondary N) is 2. The number of aromatic nitrogens is 2. The van der Waals surface area contributed by atoms with Crippen molar-refractivity contribution in [1.82, 2.24) is 15.3 Å². The first-order valence-electron chi connectivity index (χ1n) is 7.01. The predicted octanol–water partition coefficient (Wildman–Crippen LogP) is 1.76. The monoisotopic (exact) mass is 283 g/mol. The van der Waals surface area contributed by atoms with Crippen molar-refractivity contribution in [3.63, 3.8) is 0 Å². The Morgan fingerprint density at radius 3 is 2.95 bits per heavy atom. The van der Waals surface area contributed by atoms with E-state index in [0.29, 0.717) is 19.4 Å². The minimum atomic E-state index is -0.0649. The predicted molar refractivity (Wildman–Crippen MR) is 82.0 cm³/mol. The largest absolute Gasteiger partial charge is 0.395 e. The number of pyridine rings is 1. The molecule has 1 aromatic carbocycles. The Morgan fingerprint density at radius 2 is 2.10 bits per heavy atom. The summed E-state index contributed by atoms with van der Waals surface area (Å²) in [6, 6.07) is 10.2. The number of aromatic amines is 1. The van der Waals surface area contributed by atoms with Crippen LogP contribution in [0.15, 0.2) is 36.5 Å². The molecule has 2 heterocycles. The van der Waals surface area contributed by atoms with Crippen molar-refractivity contribution >= 4 is 27.7 Å². The number of aliphatic hydroxyl groups is 1. The summed E-state index contributed by atoms with van der Waals surface area (Å²) in [5.74, 6) is -0.0649. The van der Waals surface area contributed by atoms with Gasteiger partial charge in [0.25, 0.3) is 0 Å². The molecule has 3 N–H and O–H groups in total. The Hall–Kier alpha value is -2.40. The van der Waals surface area contributed by atoms with Crippen LogP contribution in [-0.4, -0.2) is 34.1 Å². The third-order valence-electron chi connectivity index (χ3n) is 3.49. The molecule has 1 amide bonds. The van der Waals surface area contributed by atoms with Crippen molar-refractivity contribution in [2.45, 2.75) is 12.8 Å². The van der Waals surface area contributed by atoms with Crippen LogP contribution in [-0.2, 0) is 11.2 Å². The maximum Gasteiger partial charge on any atom is 0.220 e. The molecule has 0 saturated carbocycles. The molecule has 0 aliphatic rings. The third kappa shape index (κ3) is 2.87. The summed E-state index contributed by atoms with van der Waals surface area (Å²) in [5, 5.41) is 13.6. The molecular formula is C16H17N3O2. The lowest BCUT2D eigenvalue weighted by Crippen LogP contribution is -2.26. The van der Waals surface area contributed by atoms with Gasteiger partial charge in [0.15, 0.2) is 0 Å². The van der Waals surface area contributed by atoms with Crippen LogP contribution in [0.1, 0.15) is 12.1 Å². The van der Waals surface area contributed by atoms with Crippen LogP contribution in [0.5, 0.6) is 0 Å². The highest BCUT2D eigenvalue weighted by Crippen LogP contribution is 2.25. The minimum Gasteiger partial charge on any atom is -0.395 e. The molecule has 5 nitrogen and oxygen atoms in total. The number of benzene rings is 1. The van der Waals surface area contributed by atoms with Gasteiger partial charge in [-0.05, 0) is 18.6 Å².